The SMILES string of the molecule is [2H]c1c([2H])c(N(c2ccccc2)c2cccc3oc4c5ccccc5ccc4c23)c([2H])c([2H])c1-c1ccc2c(c1)oc1ccccc12. The average Bonchev–Trinajstić information content (AvgIpc) is 3.68. The van der Waals surface area contributed by atoms with Crippen LogP contribution in [-0.4, -0.2) is 0 Å². The van der Waals surface area contributed by atoms with E-state index >= 15 is 0 Å². The lowest BCUT2D eigenvalue weighted by Crippen LogP contribution is -2.10. The van der Waals surface area contributed by atoms with Gasteiger partial charge in [0.25, 0.3) is 0 Å². The van der Waals surface area contributed by atoms with Gasteiger partial charge in [0.1, 0.15) is 22.3 Å². The molecule has 7 aromatic carbocycles. The molecule has 3 nitrogen and oxygen atoms in total. The molecule has 3 heteroatoms. The fraction of sp³-hybridized carbons (Fsp3) is 0. The van der Waals surface area contributed by atoms with Crippen molar-refractivity contribution in [1.29, 1.82) is 0 Å². The minimum Gasteiger partial charge on any atom is -0.456 e. The van der Waals surface area contributed by atoms with Crippen LogP contribution in [0.1, 0.15) is 5.48 Å². The van der Waals surface area contributed by atoms with Gasteiger partial charge in [0, 0.05) is 32.9 Å². The highest BCUT2D eigenvalue weighted by Crippen LogP contribution is 2.44. The van der Waals surface area contributed by atoms with Crippen molar-refractivity contribution >= 4 is 71.7 Å². The van der Waals surface area contributed by atoms with Crippen LogP contribution in [0.4, 0.5) is 17.1 Å². The molecule has 0 N–H and O–H groups in total. The van der Waals surface area contributed by atoms with Crippen LogP contribution in [0.5, 0.6) is 0 Å². The Hall–Kier alpha value is -5.80. The van der Waals surface area contributed by atoms with Crippen molar-refractivity contribution in [2.45, 2.75) is 0 Å². The molecular weight excluding hydrogens is 526 g/mol. The Labute approximate surface area is 253 Å². The van der Waals surface area contributed by atoms with E-state index in [0.29, 0.717) is 28.1 Å². The van der Waals surface area contributed by atoms with Crippen molar-refractivity contribution in [2.24, 2.45) is 0 Å². The Morgan fingerprint density at radius 3 is 2.07 bits per heavy atom. The fourth-order valence-corrected chi connectivity index (χ4v) is 6.13. The third-order valence-corrected chi connectivity index (χ3v) is 8.12. The van der Waals surface area contributed by atoms with Gasteiger partial charge in [0.15, 0.2) is 0 Å². The first kappa shape index (κ1) is 20.1. The van der Waals surface area contributed by atoms with E-state index in [-0.39, 0.29) is 35.4 Å². The second kappa shape index (κ2) is 9.37. The van der Waals surface area contributed by atoms with E-state index in [9.17, 15) is 5.48 Å². The number of hydrogen-bond acceptors (Lipinski definition) is 3. The number of nitrogens with zero attached hydrogens (tertiary/aromatic N) is 1. The van der Waals surface area contributed by atoms with Crippen LogP contribution in [0, 0.1) is 0 Å². The highest BCUT2D eigenvalue weighted by atomic mass is 16.3. The van der Waals surface area contributed by atoms with E-state index in [1.807, 2.05) is 114 Å². The van der Waals surface area contributed by atoms with Gasteiger partial charge in [-0.1, -0.05) is 90.9 Å². The van der Waals surface area contributed by atoms with Gasteiger partial charge in [0.05, 0.1) is 16.6 Å². The molecular formula is C40H25NO2. The maximum atomic E-state index is 9.37. The molecule has 9 rings (SSSR count). The van der Waals surface area contributed by atoms with Crippen LogP contribution >= 0.6 is 0 Å². The Morgan fingerprint density at radius 2 is 1.19 bits per heavy atom. The lowest BCUT2D eigenvalue weighted by atomic mass is 10.0. The molecule has 2 heterocycles. The molecule has 0 aliphatic rings. The summed E-state index contributed by atoms with van der Waals surface area (Å²) in [4.78, 5) is 1.82. The lowest BCUT2D eigenvalue weighted by molar-refractivity contribution is 0.669. The van der Waals surface area contributed by atoms with Gasteiger partial charge >= 0.3 is 0 Å². The van der Waals surface area contributed by atoms with E-state index in [4.69, 9.17) is 8.83 Å². The lowest BCUT2D eigenvalue weighted by Gasteiger charge is -2.26. The third kappa shape index (κ3) is 3.75. The van der Waals surface area contributed by atoms with E-state index in [0.717, 1.165) is 43.5 Å². The highest BCUT2D eigenvalue weighted by molar-refractivity contribution is 6.19. The molecule has 0 radical (unpaired) electrons. The number of benzene rings is 7. The van der Waals surface area contributed by atoms with Crippen molar-refractivity contribution < 1.29 is 14.3 Å². The highest BCUT2D eigenvalue weighted by Gasteiger charge is 2.20. The quantitative estimate of drug-likeness (QED) is 0.216. The van der Waals surface area contributed by atoms with E-state index in [1.165, 1.54) is 0 Å². The molecule has 0 aliphatic heterocycles. The molecule has 0 unspecified atom stereocenters. The second-order valence-corrected chi connectivity index (χ2v) is 10.6. The van der Waals surface area contributed by atoms with Crippen molar-refractivity contribution in [3.8, 4) is 11.1 Å². The zero-order valence-electron chi connectivity index (χ0n) is 26.9. The zero-order valence-corrected chi connectivity index (χ0v) is 22.9. The second-order valence-electron chi connectivity index (χ2n) is 10.6. The van der Waals surface area contributed by atoms with E-state index < -0.39 is 0 Å². The Kier molecular flexibility index (Phi) is 4.39. The maximum absolute atomic E-state index is 9.37. The van der Waals surface area contributed by atoms with Crippen molar-refractivity contribution in [3.63, 3.8) is 0 Å². The molecule has 0 spiro atoms. The van der Waals surface area contributed by atoms with Gasteiger partial charge in [-0.05, 0) is 77.1 Å². The Balaban J connectivity index is 1.30. The molecule has 0 saturated carbocycles. The summed E-state index contributed by atoms with van der Waals surface area (Å²) < 4.78 is 49.8. The molecule has 0 aliphatic carbocycles. The first-order valence-electron chi connectivity index (χ1n) is 16.2. The summed E-state index contributed by atoms with van der Waals surface area (Å²) in [6.45, 7) is 0. The molecule has 0 atom stereocenters. The summed E-state index contributed by atoms with van der Waals surface area (Å²) >= 11 is 0. The molecule has 0 fully saturated rings. The number of para-hydroxylation sites is 2. The number of rotatable bonds is 4. The van der Waals surface area contributed by atoms with Crippen molar-refractivity contribution in [2.75, 3.05) is 4.90 Å². The summed E-state index contributed by atoms with van der Waals surface area (Å²) in [7, 11) is 0. The van der Waals surface area contributed by atoms with Crippen molar-refractivity contribution in [3.05, 3.63) is 152 Å². The van der Waals surface area contributed by atoms with Gasteiger partial charge in [0.2, 0.25) is 0 Å². The van der Waals surface area contributed by atoms with Crippen LogP contribution in [0.25, 0.3) is 65.8 Å². The monoisotopic (exact) mass is 555 g/mol. The van der Waals surface area contributed by atoms with Crippen LogP contribution < -0.4 is 4.90 Å². The predicted octanol–water partition coefficient (Wildman–Crippen LogP) is 11.8. The molecule has 9 aromatic rings. The van der Waals surface area contributed by atoms with Crippen LogP contribution in [-0.2, 0) is 0 Å². The van der Waals surface area contributed by atoms with E-state index in [2.05, 4.69) is 12.1 Å². The van der Waals surface area contributed by atoms with Crippen molar-refractivity contribution in [1.82, 2.24) is 0 Å². The molecule has 43 heavy (non-hydrogen) atoms. The minimum atomic E-state index is -0.148. The normalized spacial score (nSPS) is 13.0. The number of furan rings is 2. The molecule has 0 bridgehead atoms. The summed E-state index contributed by atoms with van der Waals surface area (Å²) in [6.07, 6.45) is 0. The largest absolute Gasteiger partial charge is 0.456 e. The summed E-state index contributed by atoms with van der Waals surface area (Å²) in [6, 6.07) is 40.3. The summed E-state index contributed by atoms with van der Waals surface area (Å²) in [5.74, 6) is 0. The molecule has 0 amide bonds. The number of fused-ring (bicyclic) bond motifs is 8. The third-order valence-electron chi connectivity index (χ3n) is 8.12. The van der Waals surface area contributed by atoms with Gasteiger partial charge in [-0.25, -0.2) is 0 Å². The topological polar surface area (TPSA) is 29.5 Å². The first-order chi connectivity index (χ1) is 23.0. The van der Waals surface area contributed by atoms with Gasteiger partial charge in [-0.3, -0.25) is 0 Å². The smallest absolute Gasteiger partial charge is 0.143 e. The Morgan fingerprint density at radius 1 is 0.465 bits per heavy atom. The molecule has 2 aromatic heterocycles. The minimum absolute atomic E-state index is 0.132. The number of anilines is 3. The van der Waals surface area contributed by atoms with Crippen LogP contribution in [0.15, 0.2) is 160 Å². The number of hydrogen-bond donors (Lipinski definition) is 0. The fourth-order valence-electron chi connectivity index (χ4n) is 6.13. The molecule has 202 valence electrons. The van der Waals surface area contributed by atoms with E-state index in [1.54, 1.807) is 6.07 Å². The summed E-state index contributed by atoms with van der Waals surface area (Å²) in [5.41, 5.74) is 5.13. The maximum Gasteiger partial charge on any atom is 0.143 e. The first-order valence-corrected chi connectivity index (χ1v) is 14.2. The van der Waals surface area contributed by atoms with Gasteiger partial charge in [-0.2, -0.15) is 0 Å². The summed E-state index contributed by atoms with van der Waals surface area (Å²) in [5, 5.41) is 5.70. The van der Waals surface area contributed by atoms with Crippen LogP contribution in [0.3, 0.4) is 0 Å². The standard InChI is InChI=1S/C40H25NO2/c1-2-10-29(11-3-1)41(35-14-8-16-37-39(35)34-24-19-27-9-4-5-12-31(27)40(34)43-37)30-21-17-26(18-22-30)28-20-23-33-32-13-6-7-15-36(32)42-38(33)25-28/h1-25H/i17D,18D,21D,22D. The van der Waals surface area contributed by atoms with Gasteiger partial charge < -0.3 is 13.7 Å². The molecule has 0 saturated heterocycles. The average molecular weight is 556 g/mol. The Bertz CT molecular complexity index is 2670. The van der Waals surface area contributed by atoms with Gasteiger partial charge in [-0.15, -0.1) is 0 Å². The van der Waals surface area contributed by atoms with Crippen LogP contribution in [0.2, 0.25) is 0 Å². The zero-order chi connectivity index (χ0) is 31.8. The predicted molar refractivity (Wildman–Crippen MR) is 179 cm³/mol.